The number of aromatic amines is 2. The zero-order valence-electron chi connectivity index (χ0n) is 22.8. The number of hydrogen-bond acceptors (Lipinski definition) is 18. The molecule has 24 nitrogen and oxygen atoms in total. The number of ether oxygens (including phenoxy) is 2. The van der Waals surface area contributed by atoms with Crippen LogP contribution in [0.2, 0.25) is 0 Å². The van der Waals surface area contributed by atoms with Crippen LogP contribution in [-0.4, -0.2) is 109 Å². The lowest BCUT2D eigenvalue weighted by Crippen LogP contribution is -2.39. The lowest BCUT2D eigenvalue weighted by atomic mass is 11.1. The molecule has 0 bridgehead atoms. The van der Waals surface area contributed by atoms with Gasteiger partial charge in [-0.3, -0.25) is 46.8 Å². The molecule has 3 saturated heterocycles. The first kappa shape index (κ1) is 31.0. The molecule has 3 aliphatic heterocycles. The van der Waals surface area contributed by atoms with E-state index in [4.69, 9.17) is 39.0 Å². The van der Waals surface area contributed by atoms with E-state index in [1.807, 2.05) is 0 Å². The van der Waals surface area contributed by atoms with Crippen molar-refractivity contribution in [2.45, 2.75) is 49.1 Å². The molecule has 3 aliphatic rings. The van der Waals surface area contributed by atoms with Gasteiger partial charge >= 0.3 is 15.6 Å². The Kier molecular flexibility index (Phi) is 7.39. The molecule has 26 heteroatoms. The molecule has 10 atom stereocenters. The first-order valence-electron chi connectivity index (χ1n) is 13.1. The second kappa shape index (κ2) is 11.0. The van der Waals surface area contributed by atoms with Crippen molar-refractivity contribution >= 4 is 49.9 Å². The average Bonchev–Trinajstić information content (AvgIpc) is 3.72. The molecule has 0 spiro atoms. The molecule has 0 saturated carbocycles. The van der Waals surface area contributed by atoms with Crippen molar-refractivity contribution in [3.63, 3.8) is 0 Å². The molecule has 0 aromatic carbocycles. The summed E-state index contributed by atoms with van der Waals surface area (Å²) >= 11 is 0. The Morgan fingerprint density at radius 2 is 1.15 bits per heavy atom. The van der Waals surface area contributed by atoms with Crippen LogP contribution in [0.4, 0.5) is 11.9 Å². The average molecular weight is 720 g/mol. The molecule has 7 heterocycles. The molecule has 46 heavy (non-hydrogen) atoms. The number of aromatic nitrogens is 8. The second-order valence-electron chi connectivity index (χ2n) is 10.3. The van der Waals surface area contributed by atoms with Gasteiger partial charge in [0.15, 0.2) is 34.8 Å². The van der Waals surface area contributed by atoms with Crippen molar-refractivity contribution in [2.75, 3.05) is 24.7 Å². The second-order valence-corrected chi connectivity index (χ2v) is 13.1. The maximum absolute atomic E-state index is 13.1. The number of fused-ring (bicyclic) bond motifs is 4. The van der Waals surface area contributed by atoms with Crippen molar-refractivity contribution in [3.05, 3.63) is 33.4 Å². The molecule has 7 rings (SSSR count). The fourth-order valence-corrected chi connectivity index (χ4v) is 7.32. The van der Waals surface area contributed by atoms with E-state index < -0.39 is 89.1 Å². The number of nitrogens with one attached hydrogen (secondary N) is 2. The van der Waals surface area contributed by atoms with Crippen molar-refractivity contribution in [2.24, 2.45) is 0 Å². The Balaban J connectivity index is 1.18. The van der Waals surface area contributed by atoms with Gasteiger partial charge in [0.25, 0.3) is 11.1 Å². The van der Waals surface area contributed by atoms with Crippen LogP contribution in [0.15, 0.2) is 22.2 Å². The van der Waals surface area contributed by atoms with E-state index in [9.17, 15) is 38.7 Å². The van der Waals surface area contributed by atoms with Crippen molar-refractivity contribution in [1.82, 2.24) is 39.0 Å². The van der Waals surface area contributed by atoms with Crippen molar-refractivity contribution in [1.29, 1.82) is 0 Å². The number of phosphoric acid groups is 2. The first-order chi connectivity index (χ1) is 21.7. The summed E-state index contributed by atoms with van der Waals surface area (Å²) < 4.78 is 60.5. The van der Waals surface area contributed by atoms with Crippen LogP contribution in [0.1, 0.15) is 12.5 Å². The van der Waals surface area contributed by atoms with E-state index in [1.165, 1.54) is 0 Å². The van der Waals surface area contributed by atoms with Gasteiger partial charge in [0, 0.05) is 0 Å². The Morgan fingerprint density at radius 1 is 0.761 bits per heavy atom. The number of aliphatic hydroxyl groups is 2. The van der Waals surface area contributed by atoms with Gasteiger partial charge in [-0.2, -0.15) is 9.97 Å². The normalized spacial score (nSPS) is 37.1. The van der Waals surface area contributed by atoms with E-state index in [0.29, 0.717) is 0 Å². The molecular weight excluding hydrogens is 696 g/mol. The maximum Gasteiger partial charge on any atom is 0.472 e. The topological polar surface area (TPSA) is 350 Å². The number of imidazole rings is 2. The Bertz CT molecular complexity index is 1900. The number of nitrogens with two attached hydrogens (primary N) is 2. The Labute approximate surface area is 253 Å². The zero-order chi connectivity index (χ0) is 32.7. The van der Waals surface area contributed by atoms with Gasteiger partial charge in [-0.05, 0) is 0 Å². The minimum Gasteiger partial charge on any atom is -0.386 e. The van der Waals surface area contributed by atoms with Crippen LogP contribution in [0, 0.1) is 0 Å². The monoisotopic (exact) mass is 720 g/mol. The standard InChI is InChI=1S/C20H24N10O14P2/c21-19-25-13-7(15(33)27-19)23-3-29(13)17-9(31)11-5(41-17)1-39-45(35,36)44-12-6(2-40-46(37,38)43-11)42-18(10(12)32)30-4-24-8-14(30)26-20(22)28-16(8)34/h3-6,9-12,17-18,31-32H,1-2H2,(H,35,36)(H,37,38)(H3,21,25,27,33)(H3,22,26,28,34)/t5-,6-,9-,10-,11-,12-,17-,18-/m1/s1/i1+1,2+1,3+1,4+1,5+1,6+1,7+1,8+1,9+1,10+1,11+1,12+1,13+1,14+1,15+1,16+1,17+1,18+1,19+1,20+1,21+1,22+1,23+1,24+1,25+1,26+1,27+1,28+1,29+1,30+1. The Morgan fingerprint density at radius 3 is 1.54 bits per heavy atom. The molecule has 0 amide bonds. The van der Waals surface area contributed by atoms with Crippen LogP contribution in [0.3, 0.4) is 0 Å². The minimum absolute atomic E-state index is 0.121. The number of anilines is 2. The van der Waals surface area contributed by atoms with Crippen LogP contribution in [-0.2, 0) is 36.7 Å². The first-order valence-corrected chi connectivity index (χ1v) is 16.1. The van der Waals surface area contributed by atoms with E-state index in [1.54, 1.807) is 0 Å². The van der Waals surface area contributed by atoms with E-state index in [-0.39, 0.29) is 34.2 Å². The van der Waals surface area contributed by atoms with E-state index >= 15 is 0 Å². The predicted molar refractivity (Wildman–Crippen MR) is 146 cm³/mol. The molecule has 248 valence electrons. The Hall–Kier alpha value is -3.64. The van der Waals surface area contributed by atoms with Crippen molar-refractivity contribution < 1.29 is 56.7 Å². The van der Waals surface area contributed by atoms with Crippen LogP contribution in [0.25, 0.3) is 22.3 Å². The van der Waals surface area contributed by atoms with Gasteiger partial charge < -0.3 is 40.9 Å². The summed E-state index contributed by atoms with van der Waals surface area (Å²) in [7, 11) is -10.2. The fraction of sp³-hybridized carbons (Fsp3) is 0.500. The minimum atomic E-state index is -5.10. The lowest BCUT2D eigenvalue weighted by Gasteiger charge is -2.27. The van der Waals surface area contributed by atoms with Crippen LogP contribution >= 0.6 is 15.6 Å². The number of phosphoric ester groups is 2. The van der Waals surface area contributed by atoms with Gasteiger partial charge in [-0.1, -0.05) is 0 Å². The zero-order valence-corrected chi connectivity index (χ0v) is 24.6. The van der Waals surface area contributed by atoms with Gasteiger partial charge in [-0.15, -0.1) is 0 Å². The molecule has 0 aliphatic carbocycles. The highest BCUT2D eigenvalue weighted by atomic mass is 31.2. The molecule has 3 fully saturated rings. The van der Waals surface area contributed by atoms with Crippen LogP contribution in [0.5, 0.6) is 0 Å². The molecule has 4 aromatic heterocycles. The SMILES string of the molecule is [15NH2][13c]1[15n][13c]2[13c]([15n][13cH][15n]2[13C@@H]2O[13C@@H]3[13CH2]OP(=O)(O)O[13C@H]4[13C@@H](O)[13C@H]([15n]5[13cH][15n][13c]6[13c](=O)[15nH][13c]([15NH2])[15n][13c]65)O[13C@@H]4[13CH2]OP(=O)(O)O[13C@H]3[13C@H]2O)[13c](=O)[15nH]1. The summed E-state index contributed by atoms with van der Waals surface area (Å²) in [6, 6.07) is 0. The summed E-state index contributed by atoms with van der Waals surface area (Å²) in [6.07, 6.45) is -10.9. The third-order valence-electron chi connectivity index (χ3n) is 7.38. The molecule has 4 aromatic rings. The molecule has 0 radical (unpaired) electrons. The number of nitrogens with zero attached hydrogens (tertiary/aromatic N) is 6. The summed E-state index contributed by atoms with van der Waals surface area (Å²) in [6.45, 7) is -1.74. The van der Waals surface area contributed by atoms with Gasteiger partial charge in [0.2, 0.25) is 11.9 Å². The number of hydrogen-bond donors (Lipinski definition) is 8. The molecule has 2 unspecified atom stereocenters. The highest BCUT2D eigenvalue weighted by Crippen LogP contribution is 2.53. The van der Waals surface area contributed by atoms with Gasteiger partial charge in [-0.25, -0.2) is 19.1 Å². The summed E-state index contributed by atoms with van der Waals surface area (Å²) in [4.78, 5) is 65.9. The summed E-state index contributed by atoms with van der Waals surface area (Å²) in [5.41, 5.74) is 9.28. The largest absolute Gasteiger partial charge is 0.472 e. The van der Waals surface area contributed by atoms with Gasteiger partial charge in [0.1, 0.15) is 36.6 Å². The highest BCUT2D eigenvalue weighted by Gasteiger charge is 2.54. The number of H-pyrrole nitrogens is 2. The fourth-order valence-electron chi connectivity index (χ4n) is 5.39. The summed E-state index contributed by atoms with van der Waals surface area (Å²) in [5.74, 6) is -0.561. The lowest BCUT2D eigenvalue weighted by molar-refractivity contribution is -0.0664. The smallest absolute Gasteiger partial charge is 0.386 e. The third-order valence-corrected chi connectivity index (χ3v) is 9.35. The van der Waals surface area contributed by atoms with Crippen molar-refractivity contribution in [3.8, 4) is 0 Å². The van der Waals surface area contributed by atoms with E-state index in [2.05, 4.69) is 29.9 Å². The number of aliphatic hydroxyl groups excluding tert-OH is 2. The predicted octanol–water partition coefficient (Wildman–Crippen LogP) is -3.05. The van der Waals surface area contributed by atoms with Gasteiger partial charge in [0.05, 0.1) is 25.9 Å². The number of nitrogen functional groups attached to an aromatic ring is 2. The van der Waals surface area contributed by atoms with E-state index in [0.717, 1.165) is 21.8 Å². The highest BCUT2D eigenvalue weighted by molar-refractivity contribution is 7.47. The quantitative estimate of drug-likeness (QED) is 0.0579. The molecule has 10 N–H and O–H groups in total. The van der Waals surface area contributed by atoms with Crippen LogP contribution < -0.4 is 22.6 Å². The maximum atomic E-state index is 13.1. The third kappa shape index (κ3) is 5.33. The summed E-state index contributed by atoms with van der Waals surface area (Å²) in [5, 5.41) is 22.2. The number of rotatable bonds is 2. The molecular formula is C20H24N10O14P2.